The minimum absolute atomic E-state index is 0.0780. The van der Waals surface area contributed by atoms with E-state index in [4.69, 9.17) is 18.9 Å². The lowest BCUT2D eigenvalue weighted by Gasteiger charge is -2.43. The summed E-state index contributed by atoms with van der Waals surface area (Å²) >= 11 is 0. The van der Waals surface area contributed by atoms with Gasteiger partial charge in [0.2, 0.25) is 0 Å². The van der Waals surface area contributed by atoms with Crippen LogP contribution in [0.5, 0.6) is 0 Å². The number of esters is 4. The summed E-state index contributed by atoms with van der Waals surface area (Å²) in [4.78, 5) is 51.5. The maximum Gasteiger partial charge on any atom is 0.320 e. The van der Waals surface area contributed by atoms with Gasteiger partial charge in [-0.25, -0.2) is 8.78 Å². The molecule has 4 aliphatic rings. The molecule has 2 aromatic rings. The lowest BCUT2D eigenvalue weighted by atomic mass is 9.76. The molecule has 4 bridgehead atoms. The molecule has 8 unspecified atom stereocenters. The van der Waals surface area contributed by atoms with E-state index in [0.717, 1.165) is 101 Å². The average Bonchev–Trinajstić information content (AvgIpc) is 3.90. The first-order chi connectivity index (χ1) is 35.2. The third kappa shape index (κ3) is 19.0. The molecule has 0 spiro atoms. The van der Waals surface area contributed by atoms with Gasteiger partial charge in [0.15, 0.2) is 0 Å². The van der Waals surface area contributed by atoms with Crippen LogP contribution >= 0.6 is 0 Å². The molecule has 0 saturated carbocycles. The summed E-state index contributed by atoms with van der Waals surface area (Å²) in [7, 11) is 2.82. The first-order valence-corrected chi connectivity index (χ1v) is 27.5. The molecule has 0 radical (unpaired) electrons. The lowest BCUT2D eigenvalue weighted by Crippen LogP contribution is -2.53. The topological polar surface area (TPSA) is 161 Å². The summed E-state index contributed by atoms with van der Waals surface area (Å²) in [5.41, 5.74) is 1.96. The van der Waals surface area contributed by atoms with E-state index >= 15 is 0 Å². The summed E-state index contributed by atoms with van der Waals surface area (Å²) in [5.74, 6) is -2.16. The molecule has 14 heteroatoms. The van der Waals surface area contributed by atoms with E-state index < -0.39 is 24.2 Å². The number of benzene rings is 2. The van der Waals surface area contributed by atoms with Crippen molar-refractivity contribution in [2.75, 3.05) is 20.8 Å². The van der Waals surface area contributed by atoms with Crippen LogP contribution in [0.3, 0.4) is 0 Å². The van der Waals surface area contributed by atoms with Gasteiger partial charge in [-0.1, -0.05) is 115 Å². The summed E-state index contributed by atoms with van der Waals surface area (Å²) < 4.78 is 47.8. The minimum atomic E-state index is -0.703. The molecule has 408 valence electrons. The highest BCUT2D eigenvalue weighted by Crippen LogP contribution is 2.47. The van der Waals surface area contributed by atoms with E-state index in [9.17, 15) is 38.2 Å². The number of hydrogen-bond acceptors (Lipinski definition) is 12. The van der Waals surface area contributed by atoms with Gasteiger partial charge in [0, 0.05) is 48.8 Å². The first kappa shape index (κ1) is 61.1. The summed E-state index contributed by atoms with van der Waals surface area (Å²) in [5, 5.41) is 24.3. The Labute approximate surface area is 435 Å². The van der Waals surface area contributed by atoms with E-state index in [1.165, 1.54) is 38.5 Å². The predicted molar refractivity (Wildman–Crippen MR) is 280 cm³/mol. The van der Waals surface area contributed by atoms with Crippen LogP contribution in [0.4, 0.5) is 8.78 Å². The standard InChI is InChI=1S/C29H42FNO5.C15H18FNO2.C15H28O3/c1-4-6-8-10-25(32)26(11-9-7-5-2)36-27(33)19-31-22-16-17-24(31)28(29(34)35-3)23(18-22)20-12-14-21(30)15-13-20;1-19-15(18)14-12(8-11-6-7-13(14)17-11)9-2-4-10(16)5-3-9;1-4-7-9-11-13(16)14(12-10-8-5-2)18-15(17)6-3/h7,9,12-15,22-26,28,32H,4-6,8,10-11,16-19H2,1-3H3;2-5,11-14,17H,6-8H2,1H3;7,9,13-14,16H,4-6,8,10-12H2,1-3H3/b9-7-;;9-7-/t22?,23?,24?,25-,26-,28?;;13-,14+/m0.0/s1. The van der Waals surface area contributed by atoms with Gasteiger partial charge in [0.05, 0.1) is 44.8 Å². The van der Waals surface area contributed by atoms with Gasteiger partial charge in [-0.15, -0.1) is 0 Å². The number of carbonyl (C=O) groups excluding carboxylic acids is 4. The Bertz CT molecular complexity index is 2000. The number of aliphatic hydroxyl groups excluding tert-OH is 2. The fraction of sp³-hybridized carbons (Fsp3) is 0.661. The van der Waals surface area contributed by atoms with Crippen LogP contribution in [0, 0.1) is 23.5 Å². The second-order valence-electron chi connectivity index (χ2n) is 20.2. The molecule has 4 aliphatic heterocycles. The number of carbonyl (C=O) groups is 4. The minimum Gasteiger partial charge on any atom is -0.469 e. The predicted octanol–water partition coefficient (Wildman–Crippen LogP) is 11.0. The summed E-state index contributed by atoms with van der Waals surface area (Å²) in [6.45, 7) is 10.2. The van der Waals surface area contributed by atoms with Gasteiger partial charge >= 0.3 is 23.9 Å². The largest absolute Gasteiger partial charge is 0.469 e. The van der Waals surface area contributed by atoms with E-state index in [0.29, 0.717) is 38.1 Å². The number of nitrogens with zero attached hydrogens (tertiary/aromatic N) is 1. The fourth-order valence-corrected chi connectivity index (χ4v) is 11.2. The number of aliphatic hydroxyl groups is 2. The molecular formula is C59H88F2N2O10. The van der Waals surface area contributed by atoms with Crippen LogP contribution in [-0.4, -0.2) is 108 Å². The molecule has 73 heavy (non-hydrogen) atoms. The number of hydrogen-bond donors (Lipinski definition) is 3. The van der Waals surface area contributed by atoms with Crippen LogP contribution < -0.4 is 5.32 Å². The average molecular weight is 1020 g/mol. The van der Waals surface area contributed by atoms with Gasteiger partial charge in [-0.3, -0.25) is 24.1 Å². The third-order valence-electron chi connectivity index (χ3n) is 15.1. The van der Waals surface area contributed by atoms with Crippen molar-refractivity contribution in [3.63, 3.8) is 0 Å². The van der Waals surface area contributed by atoms with Gasteiger partial charge in [-0.05, 0) is 112 Å². The van der Waals surface area contributed by atoms with Crippen LogP contribution in [0.15, 0.2) is 72.8 Å². The lowest BCUT2D eigenvalue weighted by molar-refractivity contribution is -0.161. The number of piperidine rings is 2. The van der Waals surface area contributed by atoms with Crippen molar-refractivity contribution >= 4 is 23.9 Å². The van der Waals surface area contributed by atoms with Gasteiger partial charge in [0.25, 0.3) is 0 Å². The van der Waals surface area contributed by atoms with Crippen molar-refractivity contribution in [2.24, 2.45) is 11.8 Å². The maximum absolute atomic E-state index is 13.5. The SMILES string of the molecule is CC/C=C\C[C@H](O)[C@@H](CCCCC)OC(=O)CC.CC/C=C\C[C@H](OC(=O)CN1C2CCC1C(C(=O)OC)C(c1ccc(F)cc1)C2)[C@@H](O)CCCCC.COC(=O)C1C2CCC(CC1c1ccc(F)cc1)N2. The number of ether oxygens (including phenoxy) is 4. The number of fused-ring (bicyclic) bond motifs is 4. The molecule has 0 aromatic heterocycles. The first-order valence-electron chi connectivity index (χ1n) is 27.5. The molecule has 4 saturated heterocycles. The van der Waals surface area contributed by atoms with E-state index in [-0.39, 0.29) is 84.0 Å². The van der Waals surface area contributed by atoms with E-state index in [1.54, 1.807) is 31.2 Å². The van der Waals surface area contributed by atoms with Crippen molar-refractivity contribution in [2.45, 2.75) is 217 Å². The molecular weight excluding hydrogens is 935 g/mol. The van der Waals surface area contributed by atoms with Gasteiger partial charge < -0.3 is 34.5 Å². The number of rotatable bonds is 25. The highest BCUT2D eigenvalue weighted by molar-refractivity contribution is 5.76. The smallest absolute Gasteiger partial charge is 0.320 e. The molecule has 0 aliphatic carbocycles. The quantitative estimate of drug-likeness (QED) is 0.0374. The highest BCUT2D eigenvalue weighted by atomic mass is 19.1. The molecule has 12 atom stereocenters. The molecule has 12 nitrogen and oxygen atoms in total. The Hall–Kier alpha value is -4.50. The van der Waals surface area contributed by atoms with Crippen molar-refractivity contribution in [3.05, 3.63) is 95.6 Å². The molecule has 0 amide bonds. The van der Waals surface area contributed by atoms with Crippen LogP contribution in [0.1, 0.15) is 180 Å². The molecule has 4 fully saturated rings. The Morgan fingerprint density at radius 1 is 0.644 bits per heavy atom. The number of methoxy groups -OCH3 is 2. The molecule has 3 N–H and O–H groups in total. The normalized spacial score (nSPS) is 24.9. The van der Waals surface area contributed by atoms with Crippen molar-refractivity contribution in [1.82, 2.24) is 10.2 Å². The molecule has 6 rings (SSSR count). The zero-order chi connectivity index (χ0) is 53.3. The van der Waals surface area contributed by atoms with E-state index in [1.807, 2.05) is 31.2 Å². The Kier molecular flexibility index (Phi) is 27.4. The third-order valence-corrected chi connectivity index (χ3v) is 15.1. The number of halogens is 2. The zero-order valence-electron chi connectivity index (χ0n) is 44.9. The number of unbranched alkanes of at least 4 members (excludes halogenated alkanes) is 4. The Morgan fingerprint density at radius 3 is 1.75 bits per heavy atom. The van der Waals surface area contributed by atoms with E-state index in [2.05, 4.69) is 31.0 Å². The molecule has 2 aromatic carbocycles. The fourth-order valence-electron chi connectivity index (χ4n) is 11.2. The van der Waals surface area contributed by atoms with Crippen molar-refractivity contribution in [1.29, 1.82) is 0 Å². The summed E-state index contributed by atoms with van der Waals surface area (Å²) in [6, 6.07) is 13.5. The number of allylic oxidation sites excluding steroid dienone is 2. The summed E-state index contributed by atoms with van der Waals surface area (Å²) in [6.07, 6.45) is 21.9. The zero-order valence-corrected chi connectivity index (χ0v) is 44.9. The van der Waals surface area contributed by atoms with Gasteiger partial charge in [0.1, 0.15) is 23.8 Å². The molecule has 4 heterocycles. The Morgan fingerprint density at radius 2 is 1.19 bits per heavy atom. The van der Waals surface area contributed by atoms with Crippen molar-refractivity contribution < 1.29 is 57.1 Å². The van der Waals surface area contributed by atoms with Crippen LogP contribution in [0.25, 0.3) is 0 Å². The van der Waals surface area contributed by atoms with Gasteiger partial charge in [-0.2, -0.15) is 0 Å². The monoisotopic (exact) mass is 1020 g/mol. The van der Waals surface area contributed by atoms with Crippen molar-refractivity contribution in [3.8, 4) is 0 Å². The maximum atomic E-state index is 13.5. The highest BCUT2D eigenvalue weighted by Gasteiger charge is 2.52. The second-order valence-corrected chi connectivity index (χ2v) is 20.2. The number of nitrogens with one attached hydrogen (secondary N) is 1. The second kappa shape index (κ2) is 32.7. The van der Waals surface area contributed by atoms with Crippen LogP contribution in [0.2, 0.25) is 0 Å². The van der Waals surface area contributed by atoms with Crippen LogP contribution in [-0.2, 0) is 38.1 Å². The Balaban J connectivity index is 0.000000262.